The quantitative estimate of drug-likeness (QED) is 0.150. The topological polar surface area (TPSA) is 164 Å². The molecule has 3 aromatic rings. The molecule has 0 aliphatic carbocycles. The van der Waals surface area contributed by atoms with Gasteiger partial charge in [-0.05, 0) is 23.8 Å². The van der Waals surface area contributed by atoms with Gasteiger partial charge in [0, 0.05) is 33.0 Å². The smallest absolute Gasteiger partial charge is 0.352 e. The van der Waals surface area contributed by atoms with E-state index in [9.17, 15) is 28.7 Å². The number of carboxylic acids is 1. The van der Waals surface area contributed by atoms with Gasteiger partial charge in [-0.3, -0.25) is 19.3 Å². The van der Waals surface area contributed by atoms with Crippen molar-refractivity contribution in [3.05, 3.63) is 62.7 Å². The lowest BCUT2D eigenvalue weighted by Gasteiger charge is -2.49. The highest BCUT2D eigenvalue weighted by Crippen LogP contribution is 2.42. The number of nitrogens with zero attached hydrogens (tertiary/aromatic N) is 3. The van der Waals surface area contributed by atoms with Crippen LogP contribution in [-0.2, 0) is 19.2 Å². The molecule has 0 saturated carbocycles. The fraction of sp³-hybridized carbons (Fsp3) is 0.217. The summed E-state index contributed by atoms with van der Waals surface area (Å²) in [4.78, 5) is 60.5. The van der Waals surface area contributed by atoms with Crippen LogP contribution in [0, 0.1) is 5.82 Å². The fourth-order valence-corrected chi connectivity index (χ4v) is 8.32. The number of benzene rings is 1. The molecular weight excluding hydrogens is 590 g/mol. The Kier molecular flexibility index (Phi) is 7.61. The van der Waals surface area contributed by atoms with Crippen molar-refractivity contribution in [1.29, 1.82) is 0 Å². The van der Waals surface area contributed by atoms with Gasteiger partial charge in [0.1, 0.15) is 35.7 Å². The number of nitrogen functional groups attached to an aromatic ring is 1. The number of anilines is 1. The number of halogens is 1. The van der Waals surface area contributed by atoms with E-state index in [1.165, 1.54) is 71.6 Å². The number of nitrogens with two attached hydrogens (primary N) is 1. The first-order valence-electron chi connectivity index (χ1n) is 11.1. The van der Waals surface area contributed by atoms with E-state index in [-0.39, 0.29) is 39.2 Å². The summed E-state index contributed by atoms with van der Waals surface area (Å²) in [7, 11) is 1.26. The molecule has 2 aliphatic heterocycles. The van der Waals surface area contributed by atoms with Crippen LogP contribution in [0.4, 0.5) is 9.52 Å². The number of amides is 2. The Morgan fingerprint density at radius 2 is 2.15 bits per heavy atom. The molecule has 1 fully saturated rings. The van der Waals surface area contributed by atoms with Gasteiger partial charge in [0.2, 0.25) is 0 Å². The van der Waals surface area contributed by atoms with Crippen LogP contribution in [-0.4, -0.2) is 68.5 Å². The first-order valence-corrected chi connectivity index (χ1v) is 14.8. The van der Waals surface area contributed by atoms with Crippen molar-refractivity contribution in [3.63, 3.8) is 0 Å². The number of β-lactam (4-membered cyclic amide) rings is 1. The van der Waals surface area contributed by atoms with Crippen LogP contribution in [0.3, 0.4) is 0 Å². The summed E-state index contributed by atoms with van der Waals surface area (Å²) in [5, 5.41) is 17.8. The predicted molar refractivity (Wildman–Crippen MR) is 149 cm³/mol. The van der Waals surface area contributed by atoms with Crippen molar-refractivity contribution in [3.8, 4) is 0 Å². The number of thioether (sulfide) groups is 2. The normalized spacial score (nSPS) is 19.1. The summed E-state index contributed by atoms with van der Waals surface area (Å²) < 4.78 is 14.7. The number of rotatable bonds is 8. The molecule has 4 N–H and O–H groups in total. The van der Waals surface area contributed by atoms with Crippen LogP contribution in [0.5, 0.6) is 0 Å². The van der Waals surface area contributed by atoms with Gasteiger partial charge >= 0.3 is 5.97 Å². The Morgan fingerprint density at radius 1 is 1.36 bits per heavy atom. The molecule has 0 bridgehead atoms. The second kappa shape index (κ2) is 11.0. The van der Waals surface area contributed by atoms with Crippen LogP contribution in [0.25, 0.3) is 10.1 Å². The average Bonchev–Trinajstić information content (AvgIpc) is 3.33. The van der Waals surface area contributed by atoms with E-state index in [4.69, 9.17) is 10.6 Å². The van der Waals surface area contributed by atoms with E-state index >= 15 is 0 Å². The number of hydrogen-bond acceptors (Lipinski definition) is 12. The number of aliphatic carboxylic acids is 1. The number of fused-ring (bicyclic) bond motifs is 2. The summed E-state index contributed by atoms with van der Waals surface area (Å²) in [6.07, 6.45) is 0. The van der Waals surface area contributed by atoms with Gasteiger partial charge in [-0.15, -0.1) is 46.2 Å². The summed E-state index contributed by atoms with van der Waals surface area (Å²) in [5.41, 5.74) is 5.73. The monoisotopic (exact) mass is 607 g/mol. The number of carbonyl (C=O) groups excluding carboxylic acids is 2. The number of carbonyl (C=O) groups is 3. The predicted octanol–water partition coefficient (Wildman–Crippen LogP) is 2.32. The molecule has 1 saturated heterocycles. The summed E-state index contributed by atoms with van der Waals surface area (Å²) in [6, 6.07) is 4.40. The van der Waals surface area contributed by atoms with E-state index in [0.717, 1.165) is 16.2 Å². The average molecular weight is 608 g/mol. The van der Waals surface area contributed by atoms with Crippen molar-refractivity contribution < 1.29 is 28.7 Å². The van der Waals surface area contributed by atoms with Gasteiger partial charge in [-0.25, -0.2) is 14.2 Å². The fourth-order valence-electron chi connectivity index (χ4n) is 4.03. The molecule has 16 heteroatoms. The maximum Gasteiger partial charge on any atom is 0.352 e. The Bertz CT molecular complexity index is 1640. The number of aromatic nitrogens is 1. The minimum absolute atomic E-state index is 0.154. The van der Waals surface area contributed by atoms with E-state index in [0.29, 0.717) is 19.9 Å². The first kappa shape index (κ1) is 27.1. The number of carboxylic acid groups (broad SMARTS) is 1. The molecule has 11 nitrogen and oxygen atoms in total. The third kappa shape index (κ3) is 5.24. The molecule has 2 aromatic heterocycles. The molecule has 2 atom stereocenters. The van der Waals surface area contributed by atoms with Crippen molar-refractivity contribution in [2.75, 3.05) is 24.3 Å². The first-order chi connectivity index (χ1) is 18.7. The molecule has 2 amide bonds. The zero-order valence-corrected chi connectivity index (χ0v) is 23.1. The molecule has 0 unspecified atom stereocenters. The second-order valence-electron chi connectivity index (χ2n) is 8.17. The molecule has 1 aromatic carbocycles. The molecule has 0 radical (unpaired) electrons. The van der Waals surface area contributed by atoms with E-state index in [1.807, 2.05) is 0 Å². The van der Waals surface area contributed by atoms with Crippen LogP contribution in [0.2, 0.25) is 0 Å². The highest BCUT2D eigenvalue weighted by Gasteiger charge is 2.54. The van der Waals surface area contributed by atoms with Gasteiger partial charge in [0.25, 0.3) is 11.8 Å². The van der Waals surface area contributed by atoms with Crippen LogP contribution in [0.15, 0.2) is 55.1 Å². The summed E-state index contributed by atoms with van der Waals surface area (Å²) in [6.45, 7) is 0. The Morgan fingerprint density at radius 3 is 2.85 bits per heavy atom. The zero-order valence-electron chi connectivity index (χ0n) is 19.9. The summed E-state index contributed by atoms with van der Waals surface area (Å²) >= 11 is 4.88. The van der Waals surface area contributed by atoms with Crippen molar-refractivity contribution in [2.24, 2.45) is 5.16 Å². The Balaban J connectivity index is 1.33. The lowest BCUT2D eigenvalue weighted by molar-refractivity contribution is -0.150. The molecule has 5 rings (SSSR count). The van der Waals surface area contributed by atoms with E-state index in [2.05, 4.69) is 15.5 Å². The van der Waals surface area contributed by atoms with Gasteiger partial charge in [-0.1, -0.05) is 5.16 Å². The number of hydrogen-bond donors (Lipinski definition) is 3. The molecule has 39 heavy (non-hydrogen) atoms. The van der Waals surface area contributed by atoms with Gasteiger partial charge < -0.3 is 21.0 Å². The van der Waals surface area contributed by atoms with Crippen LogP contribution in [0.1, 0.15) is 5.69 Å². The van der Waals surface area contributed by atoms with Gasteiger partial charge in [-0.2, -0.15) is 0 Å². The molecule has 0 spiro atoms. The Hall–Kier alpha value is -3.47. The van der Waals surface area contributed by atoms with Crippen LogP contribution < -0.4 is 16.5 Å². The molecule has 202 valence electrons. The third-order valence-corrected chi connectivity index (χ3v) is 10.1. The zero-order chi connectivity index (χ0) is 27.8. The van der Waals surface area contributed by atoms with E-state index < -0.39 is 35.0 Å². The number of oxime groups is 1. The molecule has 4 heterocycles. The minimum atomic E-state index is -1.28. The number of nitrogens with one attached hydrogen (secondary N) is 1. The molecular formula is C23H18FN5O6S4. The maximum absolute atomic E-state index is 13.7. The lowest BCUT2D eigenvalue weighted by atomic mass is 10.0. The molecule has 2 aliphatic rings. The maximum atomic E-state index is 13.7. The largest absolute Gasteiger partial charge is 0.477 e. The van der Waals surface area contributed by atoms with Gasteiger partial charge in [0.05, 0.1) is 4.21 Å². The summed E-state index contributed by atoms with van der Waals surface area (Å²) in [5.74, 6) is -2.54. The van der Waals surface area contributed by atoms with E-state index in [1.54, 1.807) is 0 Å². The highest BCUT2D eigenvalue weighted by atomic mass is 32.2. The Labute approximate surface area is 235 Å². The number of thiazole rings is 1. The second-order valence-corrected chi connectivity index (χ2v) is 12.5. The van der Waals surface area contributed by atoms with Crippen LogP contribution >= 0.6 is 46.2 Å². The van der Waals surface area contributed by atoms with Crippen molar-refractivity contribution in [1.82, 2.24) is 15.2 Å². The SMILES string of the molecule is CO/N=C(/C(=O)N[C@@H]1C(=O)N2C(C(=O)O)=C(CSc3cc(=O)c4ccc(F)cc4s3)CS[C@H]12)c1csc(N)n1. The standard InChI is InChI=1S/C23H18FN5O6S4/c1-35-28-16(12-8-38-23(25)26-12)19(31)27-17-20(32)29-18(22(33)34)9(7-37-21(17)29)6-36-15-5-13(30)11-3-2-10(24)4-14(11)39-15/h2-5,8,17,21H,6-7H2,1H3,(H2,25,26)(H,27,31)(H,33,34)/b28-16+/t17-,21-/m1/s1. The highest BCUT2D eigenvalue weighted by molar-refractivity contribution is 8.02. The lowest BCUT2D eigenvalue weighted by Crippen LogP contribution is -2.71. The van der Waals surface area contributed by atoms with Crippen molar-refractivity contribution in [2.45, 2.75) is 15.6 Å². The minimum Gasteiger partial charge on any atom is -0.477 e. The van der Waals surface area contributed by atoms with Crippen molar-refractivity contribution >= 4 is 84.9 Å². The third-order valence-electron chi connectivity index (χ3n) is 5.76. The van der Waals surface area contributed by atoms with Gasteiger partial charge in [0.15, 0.2) is 16.3 Å².